The Bertz CT molecular complexity index is 203. The molecule has 0 aliphatic heterocycles. The van der Waals surface area contributed by atoms with E-state index in [4.69, 9.17) is 10.5 Å². The van der Waals surface area contributed by atoms with Crippen LogP contribution >= 0.6 is 0 Å². The van der Waals surface area contributed by atoms with Crippen molar-refractivity contribution in [2.24, 2.45) is 5.73 Å². The van der Waals surface area contributed by atoms with Gasteiger partial charge in [-0.3, -0.25) is 0 Å². The summed E-state index contributed by atoms with van der Waals surface area (Å²) < 4.78 is 5.10. The van der Waals surface area contributed by atoms with Crippen LogP contribution in [0.5, 0.6) is 0 Å². The highest BCUT2D eigenvalue weighted by Gasteiger charge is 2.25. The normalized spacial score (nSPS) is 17.1. The number of nitrogens with two attached hydrogens (primary N) is 1. The Kier molecular flexibility index (Phi) is 6.23. The molecule has 94 valence electrons. The molecule has 1 saturated carbocycles. The number of carbonyl (C=O) groups excluding carboxylic acids is 1. The molecular weight excluding hydrogens is 204 g/mol. The zero-order chi connectivity index (χ0) is 11.8. The van der Waals surface area contributed by atoms with Gasteiger partial charge in [0.15, 0.2) is 0 Å². The van der Waals surface area contributed by atoms with E-state index in [0.717, 1.165) is 25.8 Å². The third-order valence-electron chi connectivity index (χ3n) is 3.12. The summed E-state index contributed by atoms with van der Waals surface area (Å²) in [4.78, 5) is 13.7. The van der Waals surface area contributed by atoms with Crippen molar-refractivity contribution >= 4 is 6.09 Å². The summed E-state index contributed by atoms with van der Waals surface area (Å²) in [6.07, 6.45) is 6.67. The lowest BCUT2D eigenvalue weighted by Crippen LogP contribution is -2.42. The molecule has 16 heavy (non-hydrogen) atoms. The lowest BCUT2D eigenvalue weighted by molar-refractivity contribution is 0.0804. The highest BCUT2D eigenvalue weighted by molar-refractivity contribution is 5.68. The summed E-state index contributed by atoms with van der Waals surface area (Å²) in [5.41, 5.74) is 5.50. The molecule has 0 aromatic heterocycles. The van der Waals surface area contributed by atoms with Gasteiger partial charge in [0.05, 0.1) is 6.61 Å². The summed E-state index contributed by atoms with van der Waals surface area (Å²) >= 11 is 0. The topological polar surface area (TPSA) is 55.6 Å². The van der Waals surface area contributed by atoms with Crippen LogP contribution < -0.4 is 5.73 Å². The van der Waals surface area contributed by atoms with Crippen molar-refractivity contribution in [1.29, 1.82) is 0 Å². The van der Waals surface area contributed by atoms with Gasteiger partial charge in [-0.1, -0.05) is 19.3 Å². The lowest BCUT2D eigenvalue weighted by Gasteiger charge is -2.33. The summed E-state index contributed by atoms with van der Waals surface area (Å²) in [5.74, 6) is 0. The van der Waals surface area contributed by atoms with Crippen molar-refractivity contribution in [3.63, 3.8) is 0 Å². The molecule has 0 spiro atoms. The van der Waals surface area contributed by atoms with E-state index in [1.165, 1.54) is 19.3 Å². The molecule has 0 aromatic carbocycles. The molecule has 0 bridgehead atoms. The molecule has 0 radical (unpaired) electrons. The van der Waals surface area contributed by atoms with Crippen molar-refractivity contribution in [2.45, 2.75) is 51.5 Å². The number of hydrogen-bond acceptors (Lipinski definition) is 3. The number of hydrogen-bond donors (Lipinski definition) is 1. The Labute approximate surface area is 98.1 Å². The molecule has 0 saturated heterocycles. The van der Waals surface area contributed by atoms with Crippen LogP contribution in [0.4, 0.5) is 4.79 Å². The minimum atomic E-state index is -0.164. The molecule has 1 aliphatic carbocycles. The van der Waals surface area contributed by atoms with E-state index >= 15 is 0 Å². The maximum atomic E-state index is 11.8. The fourth-order valence-electron chi connectivity index (χ4n) is 2.28. The van der Waals surface area contributed by atoms with Crippen LogP contribution in [0, 0.1) is 0 Å². The Balaban J connectivity index is 2.50. The fraction of sp³-hybridized carbons (Fsp3) is 0.917. The third-order valence-corrected chi connectivity index (χ3v) is 3.12. The quantitative estimate of drug-likeness (QED) is 0.784. The van der Waals surface area contributed by atoms with Crippen LogP contribution in [0.15, 0.2) is 0 Å². The van der Waals surface area contributed by atoms with Crippen LogP contribution in [0.3, 0.4) is 0 Å². The minimum absolute atomic E-state index is 0.164. The van der Waals surface area contributed by atoms with Gasteiger partial charge in [0, 0.05) is 12.6 Å². The summed E-state index contributed by atoms with van der Waals surface area (Å²) in [7, 11) is 0. The van der Waals surface area contributed by atoms with E-state index in [1.54, 1.807) is 0 Å². The van der Waals surface area contributed by atoms with Crippen molar-refractivity contribution in [3.05, 3.63) is 0 Å². The molecule has 2 N–H and O–H groups in total. The molecule has 1 rings (SSSR count). The van der Waals surface area contributed by atoms with Crippen LogP contribution in [-0.4, -0.2) is 36.7 Å². The van der Waals surface area contributed by atoms with Gasteiger partial charge >= 0.3 is 6.09 Å². The summed E-state index contributed by atoms with van der Waals surface area (Å²) in [5, 5.41) is 0. The summed E-state index contributed by atoms with van der Waals surface area (Å²) in [6.45, 7) is 3.66. The maximum Gasteiger partial charge on any atom is 0.409 e. The predicted molar refractivity (Wildman–Crippen MR) is 64.3 cm³/mol. The smallest absolute Gasteiger partial charge is 0.409 e. The molecule has 0 atom stereocenters. The number of rotatable bonds is 5. The van der Waals surface area contributed by atoms with E-state index in [9.17, 15) is 4.79 Å². The molecule has 1 fully saturated rings. The Morgan fingerprint density at radius 2 is 2.06 bits per heavy atom. The monoisotopic (exact) mass is 228 g/mol. The number of ether oxygens (including phenoxy) is 1. The van der Waals surface area contributed by atoms with Gasteiger partial charge in [0.2, 0.25) is 0 Å². The first-order chi connectivity index (χ1) is 7.79. The Morgan fingerprint density at radius 3 is 2.62 bits per heavy atom. The van der Waals surface area contributed by atoms with Crippen LogP contribution in [0.25, 0.3) is 0 Å². The molecular formula is C12H24N2O2. The summed E-state index contributed by atoms with van der Waals surface area (Å²) in [6, 6.07) is 0.374. The molecule has 1 amide bonds. The first-order valence-corrected chi connectivity index (χ1v) is 6.43. The average molecular weight is 228 g/mol. The van der Waals surface area contributed by atoms with E-state index in [2.05, 4.69) is 0 Å². The SMILES string of the molecule is CCOC(=O)N(CCCN)C1CCCCC1. The van der Waals surface area contributed by atoms with E-state index in [1.807, 2.05) is 11.8 Å². The fourth-order valence-corrected chi connectivity index (χ4v) is 2.28. The molecule has 0 unspecified atom stereocenters. The van der Waals surface area contributed by atoms with Crippen molar-refractivity contribution < 1.29 is 9.53 Å². The molecule has 0 aromatic rings. The van der Waals surface area contributed by atoms with Crippen LogP contribution in [-0.2, 0) is 4.74 Å². The first kappa shape index (κ1) is 13.3. The van der Waals surface area contributed by atoms with Gasteiger partial charge in [0.1, 0.15) is 0 Å². The maximum absolute atomic E-state index is 11.8. The van der Waals surface area contributed by atoms with Crippen molar-refractivity contribution in [2.75, 3.05) is 19.7 Å². The Morgan fingerprint density at radius 1 is 1.38 bits per heavy atom. The zero-order valence-electron chi connectivity index (χ0n) is 10.3. The van der Waals surface area contributed by atoms with E-state index in [-0.39, 0.29) is 6.09 Å². The van der Waals surface area contributed by atoms with Crippen LogP contribution in [0.2, 0.25) is 0 Å². The van der Waals surface area contributed by atoms with Crippen LogP contribution in [0.1, 0.15) is 45.4 Å². The molecule has 4 nitrogen and oxygen atoms in total. The van der Waals surface area contributed by atoms with Gasteiger partial charge in [0.25, 0.3) is 0 Å². The van der Waals surface area contributed by atoms with Crippen molar-refractivity contribution in [1.82, 2.24) is 4.90 Å². The van der Waals surface area contributed by atoms with Gasteiger partial charge in [-0.25, -0.2) is 4.79 Å². The predicted octanol–water partition coefficient (Wildman–Crippen LogP) is 2.13. The second kappa shape index (κ2) is 7.49. The van der Waals surface area contributed by atoms with Gasteiger partial charge in [-0.2, -0.15) is 0 Å². The molecule has 0 heterocycles. The molecule has 4 heteroatoms. The number of amides is 1. The highest BCUT2D eigenvalue weighted by atomic mass is 16.6. The van der Waals surface area contributed by atoms with Crippen molar-refractivity contribution in [3.8, 4) is 0 Å². The average Bonchev–Trinajstić information content (AvgIpc) is 2.31. The van der Waals surface area contributed by atoms with E-state index in [0.29, 0.717) is 19.2 Å². The minimum Gasteiger partial charge on any atom is -0.450 e. The zero-order valence-corrected chi connectivity index (χ0v) is 10.3. The second-order valence-electron chi connectivity index (χ2n) is 4.33. The third kappa shape index (κ3) is 4.00. The highest BCUT2D eigenvalue weighted by Crippen LogP contribution is 2.23. The van der Waals surface area contributed by atoms with Gasteiger partial charge < -0.3 is 15.4 Å². The number of carbonyl (C=O) groups is 1. The molecule has 1 aliphatic rings. The first-order valence-electron chi connectivity index (χ1n) is 6.43. The largest absolute Gasteiger partial charge is 0.450 e. The second-order valence-corrected chi connectivity index (χ2v) is 4.33. The standard InChI is InChI=1S/C12H24N2O2/c1-2-16-12(15)14(10-6-9-13)11-7-4-3-5-8-11/h11H,2-10,13H2,1H3. The number of nitrogens with zero attached hydrogens (tertiary/aromatic N) is 1. The van der Waals surface area contributed by atoms with E-state index < -0.39 is 0 Å². The van der Waals surface area contributed by atoms with Gasteiger partial charge in [-0.15, -0.1) is 0 Å². The Hall–Kier alpha value is -0.770. The lowest BCUT2D eigenvalue weighted by atomic mass is 9.94. The van der Waals surface area contributed by atoms with Gasteiger partial charge in [-0.05, 0) is 32.7 Å².